The molecule has 2 amide bonds. The van der Waals surface area contributed by atoms with Crippen LogP contribution in [-0.4, -0.2) is 31.8 Å². The molecule has 29 heavy (non-hydrogen) atoms. The molecule has 0 atom stereocenters. The second-order valence-electron chi connectivity index (χ2n) is 5.58. The molecule has 1 heterocycles. The number of aromatic nitrogens is 1. The summed E-state index contributed by atoms with van der Waals surface area (Å²) in [4.78, 5) is 46.6. The van der Waals surface area contributed by atoms with Gasteiger partial charge in [-0.05, 0) is 12.1 Å². The van der Waals surface area contributed by atoms with Gasteiger partial charge in [0.1, 0.15) is 0 Å². The van der Waals surface area contributed by atoms with Crippen molar-refractivity contribution < 1.29 is 24.5 Å². The number of non-ortho nitro benzene ring substituents is 2. The van der Waals surface area contributed by atoms with Crippen molar-refractivity contribution in [1.82, 2.24) is 4.98 Å². The van der Waals surface area contributed by atoms with E-state index in [4.69, 9.17) is 0 Å². The van der Waals surface area contributed by atoms with Gasteiger partial charge in [0, 0.05) is 35.3 Å². The number of carbonyl (C=O) groups is 2. The summed E-state index contributed by atoms with van der Waals surface area (Å²) >= 11 is 0. The third-order valence-electron chi connectivity index (χ3n) is 3.70. The maximum atomic E-state index is 11.9. The van der Waals surface area contributed by atoms with Gasteiger partial charge >= 0.3 is 11.8 Å². The van der Waals surface area contributed by atoms with E-state index in [0.29, 0.717) is 5.52 Å². The molecule has 0 unspecified atom stereocenters. The number of hydrogen-bond acceptors (Lipinski definition) is 8. The lowest BCUT2D eigenvalue weighted by atomic mass is 10.2. The highest BCUT2D eigenvalue weighted by molar-refractivity contribution is 6.40. The number of amides is 2. The van der Waals surface area contributed by atoms with Crippen LogP contribution in [0.5, 0.6) is 5.88 Å². The zero-order valence-corrected chi connectivity index (χ0v) is 14.2. The molecule has 3 N–H and O–H groups in total. The number of azo groups is 1. The van der Waals surface area contributed by atoms with Crippen LogP contribution >= 0.6 is 0 Å². The lowest BCUT2D eigenvalue weighted by molar-refractivity contribution is -0.384. The van der Waals surface area contributed by atoms with Crippen LogP contribution in [-0.2, 0) is 9.59 Å². The topological polar surface area (TPSA) is 193 Å². The zero-order valence-electron chi connectivity index (χ0n) is 14.2. The van der Waals surface area contributed by atoms with E-state index in [1.807, 2.05) is 0 Å². The van der Waals surface area contributed by atoms with Crippen LogP contribution in [0, 0.1) is 20.2 Å². The van der Waals surface area contributed by atoms with Crippen LogP contribution in [0.15, 0.2) is 52.7 Å². The fourth-order valence-electron chi connectivity index (χ4n) is 2.39. The molecule has 146 valence electrons. The zero-order chi connectivity index (χ0) is 21.1. The van der Waals surface area contributed by atoms with E-state index < -0.39 is 27.5 Å². The Kier molecular flexibility index (Phi) is 4.95. The number of carbonyl (C=O) groups excluding carboxylic acids is 2. The van der Waals surface area contributed by atoms with Gasteiger partial charge in [0.05, 0.1) is 15.4 Å². The lowest BCUT2D eigenvalue weighted by Crippen LogP contribution is -2.20. The second-order valence-corrected chi connectivity index (χ2v) is 5.58. The molecule has 0 saturated heterocycles. The predicted molar refractivity (Wildman–Crippen MR) is 97.9 cm³/mol. The largest absolute Gasteiger partial charge is 0.493 e. The molecule has 0 bridgehead atoms. The van der Waals surface area contributed by atoms with Crippen molar-refractivity contribution in [3.63, 3.8) is 0 Å². The number of fused-ring (bicyclic) bond motifs is 1. The number of rotatable bonds is 4. The molecule has 0 spiro atoms. The minimum absolute atomic E-state index is 0.00156. The average Bonchev–Trinajstić information content (AvgIpc) is 3.00. The van der Waals surface area contributed by atoms with Crippen LogP contribution in [0.2, 0.25) is 0 Å². The van der Waals surface area contributed by atoms with Gasteiger partial charge in [-0.25, -0.2) is 0 Å². The Morgan fingerprint density at radius 3 is 2.41 bits per heavy atom. The summed E-state index contributed by atoms with van der Waals surface area (Å²) < 4.78 is 0. The summed E-state index contributed by atoms with van der Waals surface area (Å²) in [6.45, 7) is 0. The smallest absolute Gasteiger partial charge is 0.353 e. The molecule has 0 aliphatic carbocycles. The molecule has 3 aromatic rings. The van der Waals surface area contributed by atoms with Crippen molar-refractivity contribution >= 4 is 45.5 Å². The molecular weight excluding hydrogens is 388 g/mol. The fourth-order valence-corrected chi connectivity index (χ4v) is 2.39. The lowest BCUT2D eigenvalue weighted by Gasteiger charge is -2.01. The van der Waals surface area contributed by atoms with Gasteiger partial charge in [0.15, 0.2) is 5.69 Å². The number of nitro benzene ring substituents is 2. The summed E-state index contributed by atoms with van der Waals surface area (Å²) in [5, 5.41) is 40.5. The Balaban J connectivity index is 1.81. The number of H-pyrrole nitrogens is 1. The van der Waals surface area contributed by atoms with E-state index in [9.17, 15) is 34.9 Å². The molecule has 3 rings (SSSR count). The fraction of sp³-hybridized carbons (Fsp3) is 0. The van der Waals surface area contributed by atoms with E-state index in [0.717, 1.165) is 12.1 Å². The number of benzene rings is 2. The van der Waals surface area contributed by atoms with Crippen LogP contribution in [0.25, 0.3) is 10.9 Å². The quantitative estimate of drug-likeness (QED) is 0.260. The molecule has 13 heteroatoms. The molecule has 0 aliphatic heterocycles. The van der Waals surface area contributed by atoms with Gasteiger partial charge in [-0.15, -0.1) is 10.2 Å². The second kappa shape index (κ2) is 7.51. The Morgan fingerprint density at radius 1 is 1.03 bits per heavy atom. The molecule has 2 aromatic carbocycles. The van der Waals surface area contributed by atoms with Gasteiger partial charge in [-0.1, -0.05) is 6.07 Å². The van der Waals surface area contributed by atoms with E-state index in [-0.39, 0.29) is 28.1 Å². The number of nitrogens with zero attached hydrogens (tertiary/aromatic N) is 4. The first-order valence-corrected chi connectivity index (χ1v) is 7.77. The van der Waals surface area contributed by atoms with Crippen molar-refractivity contribution in [1.29, 1.82) is 0 Å². The number of aromatic amines is 1. The minimum atomic E-state index is -1.35. The van der Waals surface area contributed by atoms with E-state index in [1.54, 1.807) is 0 Å². The van der Waals surface area contributed by atoms with Crippen LogP contribution in [0.4, 0.5) is 22.7 Å². The third-order valence-corrected chi connectivity index (χ3v) is 3.70. The molecule has 1 aromatic heterocycles. The standard InChI is InChI=1S/C16H10N6O7/c23-14-13(11-7-10(22(28)29)4-5-12(11)18-14)19-20-16(25)15(24)17-8-2-1-3-9(6-8)21(26)27/h1-7,18,23H,(H,17,24). The van der Waals surface area contributed by atoms with Crippen molar-refractivity contribution in [2.45, 2.75) is 0 Å². The number of hydrogen-bond donors (Lipinski definition) is 3. The normalized spacial score (nSPS) is 10.9. The molecule has 0 fully saturated rings. The number of anilines is 1. The molecule has 13 nitrogen and oxygen atoms in total. The third kappa shape index (κ3) is 4.02. The van der Waals surface area contributed by atoms with Gasteiger partial charge in [-0.2, -0.15) is 0 Å². The highest BCUT2D eigenvalue weighted by Gasteiger charge is 2.18. The monoisotopic (exact) mass is 398 g/mol. The average molecular weight is 398 g/mol. The summed E-state index contributed by atoms with van der Waals surface area (Å²) in [7, 11) is 0. The van der Waals surface area contributed by atoms with Gasteiger partial charge in [0.2, 0.25) is 5.88 Å². The molecular formula is C16H10N6O7. The Labute approximate surface area is 160 Å². The van der Waals surface area contributed by atoms with Crippen LogP contribution in [0.3, 0.4) is 0 Å². The van der Waals surface area contributed by atoms with Crippen molar-refractivity contribution in [2.75, 3.05) is 5.32 Å². The van der Waals surface area contributed by atoms with E-state index >= 15 is 0 Å². The Morgan fingerprint density at radius 2 is 1.72 bits per heavy atom. The Hall–Kier alpha value is -4.68. The van der Waals surface area contributed by atoms with Crippen LogP contribution in [0.1, 0.15) is 0 Å². The first-order chi connectivity index (χ1) is 13.8. The number of aromatic hydroxyl groups is 1. The summed E-state index contributed by atoms with van der Waals surface area (Å²) in [5.41, 5.74) is -0.529. The van der Waals surface area contributed by atoms with Gasteiger partial charge in [-0.3, -0.25) is 29.8 Å². The maximum absolute atomic E-state index is 11.9. The first-order valence-electron chi connectivity index (χ1n) is 7.77. The summed E-state index contributed by atoms with van der Waals surface area (Å²) in [5.74, 6) is -3.08. The van der Waals surface area contributed by atoms with Crippen molar-refractivity contribution in [3.8, 4) is 5.88 Å². The first kappa shape index (κ1) is 19.1. The number of nitrogens with one attached hydrogen (secondary N) is 2. The molecule has 0 radical (unpaired) electrons. The van der Waals surface area contributed by atoms with Gasteiger partial charge in [0.25, 0.3) is 11.4 Å². The predicted octanol–water partition coefficient (Wildman–Crippen LogP) is 2.94. The highest BCUT2D eigenvalue weighted by atomic mass is 16.6. The number of nitro groups is 2. The highest BCUT2D eigenvalue weighted by Crippen LogP contribution is 2.37. The van der Waals surface area contributed by atoms with Gasteiger partial charge < -0.3 is 15.4 Å². The SMILES string of the molecule is O=C(N=Nc1c(O)[nH]c2ccc([N+](=O)[O-])cc12)C(=O)Nc1cccc([N+](=O)[O-])c1. The summed E-state index contributed by atoms with van der Waals surface area (Å²) in [6.07, 6.45) is 0. The van der Waals surface area contributed by atoms with Crippen molar-refractivity contribution in [2.24, 2.45) is 10.2 Å². The maximum Gasteiger partial charge on any atom is 0.353 e. The molecule has 0 aliphatic rings. The van der Waals surface area contributed by atoms with E-state index in [1.165, 1.54) is 30.3 Å². The minimum Gasteiger partial charge on any atom is -0.493 e. The van der Waals surface area contributed by atoms with Crippen LogP contribution < -0.4 is 5.32 Å². The van der Waals surface area contributed by atoms with E-state index in [2.05, 4.69) is 20.5 Å². The molecule has 0 saturated carbocycles. The Bertz CT molecular complexity index is 1200. The summed E-state index contributed by atoms with van der Waals surface area (Å²) in [6, 6.07) is 8.56. The van der Waals surface area contributed by atoms with Crippen molar-refractivity contribution in [3.05, 3.63) is 62.7 Å².